The third kappa shape index (κ3) is 4.91. The molecule has 0 aliphatic heterocycles. The highest BCUT2D eigenvalue weighted by Gasteiger charge is 2.16. The minimum Gasteiger partial charge on any atom is -0.493 e. The van der Waals surface area contributed by atoms with E-state index in [1.54, 1.807) is 29.2 Å². The van der Waals surface area contributed by atoms with E-state index < -0.39 is 0 Å². The summed E-state index contributed by atoms with van der Waals surface area (Å²) < 4.78 is 23.5. The van der Waals surface area contributed by atoms with Crippen molar-refractivity contribution in [2.75, 3.05) is 26.5 Å². The lowest BCUT2D eigenvalue weighted by Crippen LogP contribution is -2.33. The Morgan fingerprint density at radius 1 is 1.17 bits per heavy atom. The van der Waals surface area contributed by atoms with Crippen LogP contribution < -0.4 is 15.0 Å². The van der Waals surface area contributed by atoms with Crippen LogP contribution in [0, 0.1) is 5.82 Å². The highest BCUT2D eigenvalue weighted by molar-refractivity contribution is 8.00. The Hall–Kier alpha value is -3.07. The average molecular weight is 431 g/mol. The monoisotopic (exact) mass is 431 g/mol. The van der Waals surface area contributed by atoms with Crippen LogP contribution in [0.25, 0.3) is 10.9 Å². The number of rotatable bonds is 8. The number of nitrogens with one attached hydrogen (secondary N) is 1. The maximum atomic E-state index is 13.0. The fourth-order valence-corrected chi connectivity index (χ4v) is 3.71. The lowest BCUT2D eigenvalue weighted by molar-refractivity contribution is -0.128. The van der Waals surface area contributed by atoms with Gasteiger partial charge in [0.1, 0.15) is 11.6 Å². The first-order chi connectivity index (χ1) is 14.4. The van der Waals surface area contributed by atoms with Crippen molar-refractivity contribution in [3.05, 3.63) is 58.4 Å². The first-order valence-corrected chi connectivity index (χ1v) is 10.2. The molecule has 3 rings (SSSR count). The average Bonchev–Trinajstić information content (AvgIpc) is 2.76. The van der Waals surface area contributed by atoms with Crippen LogP contribution in [0.15, 0.2) is 46.1 Å². The molecular formula is C21H22FN3O4S. The Balaban J connectivity index is 1.77. The van der Waals surface area contributed by atoms with Gasteiger partial charge >= 0.3 is 0 Å². The second-order valence-corrected chi connectivity index (χ2v) is 7.44. The van der Waals surface area contributed by atoms with Crippen molar-refractivity contribution in [1.29, 1.82) is 0 Å². The molecule has 0 saturated heterocycles. The zero-order valence-electron chi connectivity index (χ0n) is 16.9. The third-order valence-corrected chi connectivity index (χ3v) is 5.51. The number of aromatic amines is 1. The second kappa shape index (κ2) is 9.62. The van der Waals surface area contributed by atoms with E-state index in [1.165, 1.54) is 38.1 Å². The van der Waals surface area contributed by atoms with Gasteiger partial charge in [0, 0.05) is 17.5 Å². The van der Waals surface area contributed by atoms with Crippen molar-refractivity contribution in [3.63, 3.8) is 0 Å². The summed E-state index contributed by atoms with van der Waals surface area (Å²) in [5.41, 5.74) is 0.135. The number of carbonyl (C=O) groups excluding carboxylic acids is 1. The second-order valence-electron chi connectivity index (χ2n) is 6.39. The van der Waals surface area contributed by atoms with E-state index in [1.807, 2.05) is 6.92 Å². The molecule has 7 nitrogen and oxygen atoms in total. The number of fused-ring (bicyclic) bond motifs is 1. The van der Waals surface area contributed by atoms with Crippen LogP contribution in [0.5, 0.6) is 11.5 Å². The number of thioether (sulfide) groups is 1. The van der Waals surface area contributed by atoms with Crippen molar-refractivity contribution in [2.45, 2.75) is 18.4 Å². The number of benzene rings is 2. The zero-order chi connectivity index (χ0) is 21.7. The van der Waals surface area contributed by atoms with Crippen molar-refractivity contribution in [2.24, 2.45) is 0 Å². The van der Waals surface area contributed by atoms with Gasteiger partial charge in [-0.1, -0.05) is 0 Å². The minimum absolute atomic E-state index is 0.109. The summed E-state index contributed by atoms with van der Waals surface area (Å²) in [5.74, 6) is 1.05. The van der Waals surface area contributed by atoms with Crippen LogP contribution in [0.1, 0.15) is 12.7 Å². The van der Waals surface area contributed by atoms with E-state index in [0.717, 1.165) is 4.90 Å². The number of carbonyl (C=O) groups is 1. The molecule has 0 atom stereocenters. The van der Waals surface area contributed by atoms with Gasteiger partial charge in [0.05, 0.1) is 37.4 Å². The van der Waals surface area contributed by atoms with Crippen LogP contribution in [-0.4, -0.2) is 47.3 Å². The molecule has 158 valence electrons. The van der Waals surface area contributed by atoms with Gasteiger partial charge in [-0.25, -0.2) is 9.37 Å². The molecule has 0 radical (unpaired) electrons. The Morgan fingerprint density at radius 3 is 2.47 bits per heavy atom. The predicted molar refractivity (Wildman–Crippen MR) is 114 cm³/mol. The molecule has 9 heteroatoms. The Bertz CT molecular complexity index is 1100. The quantitative estimate of drug-likeness (QED) is 0.552. The van der Waals surface area contributed by atoms with E-state index >= 15 is 0 Å². The molecule has 0 unspecified atom stereocenters. The minimum atomic E-state index is -0.319. The van der Waals surface area contributed by atoms with Gasteiger partial charge in [0.2, 0.25) is 5.91 Å². The van der Waals surface area contributed by atoms with Crippen molar-refractivity contribution in [3.8, 4) is 11.5 Å². The molecule has 0 saturated carbocycles. The normalized spacial score (nSPS) is 10.8. The number of hydrogen-bond donors (Lipinski definition) is 1. The van der Waals surface area contributed by atoms with Crippen LogP contribution in [-0.2, 0) is 11.3 Å². The molecule has 0 spiro atoms. The van der Waals surface area contributed by atoms with Gasteiger partial charge in [-0.15, -0.1) is 11.8 Å². The predicted octanol–water partition coefficient (Wildman–Crippen LogP) is 3.22. The number of amides is 1. The fourth-order valence-electron chi connectivity index (χ4n) is 2.91. The van der Waals surface area contributed by atoms with Crippen molar-refractivity contribution >= 4 is 28.6 Å². The van der Waals surface area contributed by atoms with Gasteiger partial charge in [0.25, 0.3) is 5.56 Å². The molecule has 0 aliphatic carbocycles. The largest absolute Gasteiger partial charge is 0.493 e. The molecule has 30 heavy (non-hydrogen) atoms. The summed E-state index contributed by atoms with van der Waals surface area (Å²) >= 11 is 1.33. The molecule has 0 aliphatic rings. The van der Waals surface area contributed by atoms with Crippen LogP contribution in [0.3, 0.4) is 0 Å². The van der Waals surface area contributed by atoms with E-state index in [-0.39, 0.29) is 29.6 Å². The van der Waals surface area contributed by atoms with Gasteiger partial charge in [-0.2, -0.15) is 0 Å². The maximum absolute atomic E-state index is 13.0. The number of ether oxygens (including phenoxy) is 2. The van der Waals surface area contributed by atoms with Gasteiger partial charge < -0.3 is 19.4 Å². The lowest BCUT2D eigenvalue weighted by Gasteiger charge is -2.20. The molecule has 1 N–H and O–H groups in total. The molecule has 0 fully saturated rings. The van der Waals surface area contributed by atoms with E-state index in [2.05, 4.69) is 9.97 Å². The van der Waals surface area contributed by atoms with Gasteiger partial charge in [-0.3, -0.25) is 9.59 Å². The van der Waals surface area contributed by atoms with Crippen LogP contribution in [0.4, 0.5) is 4.39 Å². The van der Waals surface area contributed by atoms with Gasteiger partial charge in [-0.05, 0) is 37.3 Å². The van der Waals surface area contributed by atoms with E-state index in [4.69, 9.17) is 9.47 Å². The van der Waals surface area contributed by atoms with Crippen LogP contribution >= 0.6 is 11.8 Å². The third-order valence-electron chi connectivity index (χ3n) is 4.51. The molecule has 1 amide bonds. The van der Waals surface area contributed by atoms with E-state index in [0.29, 0.717) is 34.8 Å². The molecule has 0 bridgehead atoms. The Morgan fingerprint density at radius 2 is 1.83 bits per heavy atom. The first-order valence-electron chi connectivity index (χ1n) is 9.26. The lowest BCUT2D eigenvalue weighted by atomic mass is 10.2. The molecule has 1 heterocycles. The fraction of sp³-hybridized carbons (Fsp3) is 0.286. The number of H-pyrrole nitrogens is 1. The first kappa shape index (κ1) is 21.6. The van der Waals surface area contributed by atoms with Gasteiger partial charge in [0.15, 0.2) is 11.5 Å². The number of hydrogen-bond acceptors (Lipinski definition) is 6. The highest BCUT2D eigenvalue weighted by atomic mass is 32.2. The highest BCUT2D eigenvalue weighted by Crippen LogP contribution is 2.30. The molecular weight excluding hydrogens is 409 g/mol. The number of nitrogens with zero attached hydrogens (tertiary/aromatic N) is 2. The number of aromatic nitrogens is 2. The standard InChI is InChI=1S/C21H22FN3O4S/c1-4-25(20(26)12-30-14-7-5-13(22)6-8-14)11-19-23-16-10-18(29-3)17(28-2)9-15(16)21(27)24-19/h5-10H,4,11-12H2,1-3H3,(H,23,24,27). The van der Waals surface area contributed by atoms with E-state index in [9.17, 15) is 14.0 Å². The molecule has 2 aromatic carbocycles. The molecule has 3 aromatic rings. The van der Waals surface area contributed by atoms with Crippen molar-refractivity contribution < 1.29 is 18.7 Å². The number of methoxy groups -OCH3 is 2. The van der Waals surface area contributed by atoms with Crippen molar-refractivity contribution in [1.82, 2.24) is 14.9 Å². The summed E-state index contributed by atoms with van der Waals surface area (Å²) in [6, 6.07) is 9.19. The molecule has 1 aromatic heterocycles. The smallest absolute Gasteiger partial charge is 0.258 e. The summed E-state index contributed by atoms with van der Waals surface area (Å²) in [5, 5.41) is 0.373. The maximum Gasteiger partial charge on any atom is 0.258 e. The van der Waals surface area contributed by atoms with Crippen LogP contribution in [0.2, 0.25) is 0 Å². The summed E-state index contributed by atoms with van der Waals surface area (Å²) in [7, 11) is 3.00. The number of halogens is 1. The Kier molecular flexibility index (Phi) is 6.94. The summed E-state index contributed by atoms with van der Waals surface area (Å²) in [4.78, 5) is 34.8. The summed E-state index contributed by atoms with van der Waals surface area (Å²) in [6.45, 7) is 2.48. The zero-order valence-corrected chi connectivity index (χ0v) is 17.7. The topological polar surface area (TPSA) is 84.5 Å². The SMILES string of the molecule is CCN(Cc1nc2cc(OC)c(OC)cc2c(=O)[nH]1)C(=O)CSc1ccc(F)cc1. The summed E-state index contributed by atoms with van der Waals surface area (Å²) in [6.07, 6.45) is 0. The Labute approximate surface area is 177 Å².